The van der Waals surface area contributed by atoms with Crippen LogP contribution in [0.2, 0.25) is 0 Å². The summed E-state index contributed by atoms with van der Waals surface area (Å²) in [6, 6.07) is -0.553. The fourth-order valence-electron chi connectivity index (χ4n) is 2.82. The molecule has 0 fully saturated rings. The number of likely N-dealkylation sites (N-methyl/N-ethyl adjacent to an activating group) is 2. The summed E-state index contributed by atoms with van der Waals surface area (Å²) in [4.78, 5) is 37.0. The molecule has 9 heteroatoms. The van der Waals surface area contributed by atoms with Crippen molar-refractivity contribution in [3.8, 4) is 11.8 Å². The highest BCUT2D eigenvalue weighted by atomic mass is 16.2. The Hall–Kier alpha value is -3.12. The molecule has 1 aromatic heterocycles. The standard InChI is InChI=1S/C27H45N7O2/c1-9-16-28-24-22(19-30-26(32-24)31-20-27(3,4)5)14-11-10-12-17-29-25(36)21(2)34(8)23(35)15-13-18-33(6)7/h13,15,19,21H,9-10,12,16-18,20H2,1-8H3,(H,29,36)(H2,28,30,31,32)/t21-/m0/s1. The van der Waals surface area contributed by atoms with Crippen LogP contribution in [-0.4, -0.2) is 84.9 Å². The number of hydrogen-bond acceptors (Lipinski definition) is 7. The van der Waals surface area contributed by atoms with Gasteiger partial charge in [-0.1, -0.05) is 45.6 Å². The van der Waals surface area contributed by atoms with Gasteiger partial charge >= 0.3 is 0 Å². The average Bonchev–Trinajstić information content (AvgIpc) is 2.82. The second-order valence-electron chi connectivity index (χ2n) is 10.3. The molecule has 0 saturated carbocycles. The smallest absolute Gasteiger partial charge is 0.246 e. The van der Waals surface area contributed by atoms with Crippen molar-refractivity contribution >= 4 is 23.6 Å². The van der Waals surface area contributed by atoms with Crippen molar-refractivity contribution in [2.45, 2.75) is 59.9 Å². The Morgan fingerprint density at radius 2 is 1.89 bits per heavy atom. The maximum absolute atomic E-state index is 12.4. The molecule has 9 nitrogen and oxygen atoms in total. The summed E-state index contributed by atoms with van der Waals surface area (Å²) >= 11 is 0. The third-order valence-corrected chi connectivity index (χ3v) is 5.15. The molecule has 0 spiro atoms. The zero-order chi connectivity index (χ0) is 27.1. The van der Waals surface area contributed by atoms with Crippen molar-refractivity contribution in [2.24, 2.45) is 5.41 Å². The predicted octanol–water partition coefficient (Wildman–Crippen LogP) is 2.97. The summed E-state index contributed by atoms with van der Waals surface area (Å²) in [7, 11) is 5.49. The highest BCUT2D eigenvalue weighted by Gasteiger charge is 2.20. The number of hydrogen-bond donors (Lipinski definition) is 3. The maximum Gasteiger partial charge on any atom is 0.246 e. The molecule has 3 N–H and O–H groups in total. The second-order valence-corrected chi connectivity index (χ2v) is 10.3. The minimum atomic E-state index is -0.553. The number of rotatable bonds is 13. The molecule has 200 valence electrons. The molecule has 0 aromatic carbocycles. The monoisotopic (exact) mass is 499 g/mol. The molecule has 1 rings (SSSR count). The highest BCUT2D eigenvalue weighted by Crippen LogP contribution is 2.16. The van der Waals surface area contributed by atoms with Crippen LogP contribution in [0.1, 0.15) is 59.4 Å². The van der Waals surface area contributed by atoms with Gasteiger partial charge in [0, 0.05) is 45.7 Å². The van der Waals surface area contributed by atoms with E-state index < -0.39 is 6.04 Å². The summed E-state index contributed by atoms with van der Waals surface area (Å²) in [5.41, 5.74) is 0.879. The van der Waals surface area contributed by atoms with Gasteiger partial charge in [0.1, 0.15) is 11.9 Å². The molecule has 0 radical (unpaired) electrons. The number of carbonyl (C=O) groups is 2. The molecular formula is C27H45N7O2. The molecule has 0 aliphatic carbocycles. The third kappa shape index (κ3) is 12.5. The zero-order valence-electron chi connectivity index (χ0n) is 23.4. The molecule has 0 unspecified atom stereocenters. The van der Waals surface area contributed by atoms with Crippen molar-refractivity contribution in [3.63, 3.8) is 0 Å². The topological polar surface area (TPSA) is 102 Å². The van der Waals surface area contributed by atoms with Crippen LogP contribution < -0.4 is 16.0 Å². The predicted molar refractivity (Wildman–Crippen MR) is 148 cm³/mol. The fourth-order valence-corrected chi connectivity index (χ4v) is 2.82. The van der Waals surface area contributed by atoms with E-state index in [-0.39, 0.29) is 17.2 Å². The van der Waals surface area contributed by atoms with Gasteiger partial charge in [-0.2, -0.15) is 4.98 Å². The van der Waals surface area contributed by atoms with Gasteiger partial charge < -0.3 is 25.8 Å². The van der Waals surface area contributed by atoms with Crippen LogP contribution in [0.25, 0.3) is 0 Å². The minimum absolute atomic E-state index is 0.125. The van der Waals surface area contributed by atoms with Crippen LogP contribution in [0.3, 0.4) is 0 Å². The van der Waals surface area contributed by atoms with Gasteiger partial charge in [0.15, 0.2) is 0 Å². The van der Waals surface area contributed by atoms with E-state index in [0.29, 0.717) is 31.9 Å². The first-order valence-electron chi connectivity index (χ1n) is 12.6. The lowest BCUT2D eigenvalue weighted by Gasteiger charge is -2.23. The number of nitrogens with one attached hydrogen (secondary N) is 3. The largest absolute Gasteiger partial charge is 0.369 e. The van der Waals surface area contributed by atoms with E-state index in [9.17, 15) is 9.59 Å². The van der Waals surface area contributed by atoms with E-state index >= 15 is 0 Å². The quantitative estimate of drug-likeness (QED) is 0.218. The second kappa shape index (κ2) is 15.8. The lowest BCUT2D eigenvalue weighted by Crippen LogP contribution is -2.45. The first-order chi connectivity index (χ1) is 16.9. The van der Waals surface area contributed by atoms with Crippen LogP contribution in [-0.2, 0) is 9.59 Å². The Morgan fingerprint density at radius 1 is 1.17 bits per heavy atom. The van der Waals surface area contributed by atoms with E-state index in [1.54, 1.807) is 26.2 Å². The van der Waals surface area contributed by atoms with Gasteiger partial charge in [0.2, 0.25) is 17.8 Å². The lowest BCUT2D eigenvalue weighted by atomic mass is 9.97. The maximum atomic E-state index is 12.4. The van der Waals surface area contributed by atoms with Crippen molar-refractivity contribution in [3.05, 3.63) is 23.9 Å². The molecule has 0 saturated heterocycles. The molecule has 0 aliphatic heterocycles. The van der Waals surface area contributed by atoms with E-state index in [1.165, 1.54) is 11.0 Å². The number of aromatic nitrogens is 2. The first-order valence-corrected chi connectivity index (χ1v) is 12.6. The number of unbranched alkanes of at least 4 members (excludes halogenated alkanes) is 1. The third-order valence-electron chi connectivity index (χ3n) is 5.15. The van der Waals surface area contributed by atoms with Crippen LogP contribution in [0.15, 0.2) is 18.3 Å². The fraction of sp³-hybridized carbons (Fsp3) is 0.630. The van der Waals surface area contributed by atoms with Crippen LogP contribution in [0, 0.1) is 17.3 Å². The first kappa shape index (κ1) is 30.9. The molecule has 36 heavy (non-hydrogen) atoms. The highest BCUT2D eigenvalue weighted by molar-refractivity contribution is 5.92. The summed E-state index contributed by atoms with van der Waals surface area (Å²) in [5.74, 6) is 7.24. The SMILES string of the molecule is CCCNc1nc(NCC(C)(C)C)ncc1C#CCCCNC(=O)[C@H](C)N(C)C(=O)C=CCN(C)C. The van der Waals surface area contributed by atoms with Gasteiger partial charge in [0.25, 0.3) is 0 Å². The van der Waals surface area contributed by atoms with Crippen molar-refractivity contribution in [2.75, 3.05) is 58.0 Å². The summed E-state index contributed by atoms with van der Waals surface area (Å²) in [6.45, 7) is 13.0. The molecule has 0 aliphatic rings. The molecule has 0 bridgehead atoms. The van der Waals surface area contributed by atoms with Gasteiger partial charge in [-0.05, 0) is 39.3 Å². The van der Waals surface area contributed by atoms with Crippen LogP contribution in [0.4, 0.5) is 11.8 Å². The van der Waals surface area contributed by atoms with Gasteiger partial charge in [-0.15, -0.1) is 0 Å². The van der Waals surface area contributed by atoms with Gasteiger partial charge in [-0.3, -0.25) is 9.59 Å². The van der Waals surface area contributed by atoms with Crippen molar-refractivity contribution in [1.29, 1.82) is 0 Å². The van der Waals surface area contributed by atoms with Crippen molar-refractivity contribution in [1.82, 2.24) is 25.1 Å². The Morgan fingerprint density at radius 3 is 2.53 bits per heavy atom. The Balaban J connectivity index is 2.57. The molecule has 1 heterocycles. The summed E-state index contributed by atoms with van der Waals surface area (Å²) in [6.07, 6.45) is 7.33. The van der Waals surface area contributed by atoms with Crippen LogP contribution in [0.5, 0.6) is 0 Å². The molecular weight excluding hydrogens is 454 g/mol. The summed E-state index contributed by atoms with van der Waals surface area (Å²) < 4.78 is 0. The zero-order valence-corrected chi connectivity index (χ0v) is 23.4. The number of carbonyl (C=O) groups excluding carboxylic acids is 2. The summed E-state index contributed by atoms with van der Waals surface area (Å²) in [5, 5.41) is 9.49. The number of anilines is 2. The van der Waals surface area contributed by atoms with E-state index in [1.807, 2.05) is 19.0 Å². The van der Waals surface area contributed by atoms with Gasteiger partial charge in [0.05, 0.1) is 11.8 Å². The Bertz CT molecular complexity index is 926. The average molecular weight is 500 g/mol. The van der Waals surface area contributed by atoms with Crippen molar-refractivity contribution < 1.29 is 9.59 Å². The molecule has 1 aromatic rings. The van der Waals surface area contributed by atoms with Gasteiger partial charge in [-0.25, -0.2) is 4.98 Å². The lowest BCUT2D eigenvalue weighted by molar-refractivity contribution is -0.135. The number of nitrogens with zero attached hydrogens (tertiary/aromatic N) is 4. The molecule has 2 amide bonds. The normalized spacial score (nSPS) is 12.1. The van der Waals surface area contributed by atoms with E-state index in [4.69, 9.17) is 0 Å². The molecule has 1 atom stereocenters. The van der Waals surface area contributed by atoms with E-state index in [2.05, 4.69) is 65.5 Å². The Labute approximate surface area is 217 Å². The number of amides is 2. The minimum Gasteiger partial charge on any atom is -0.369 e. The Kier molecular flexibility index (Phi) is 13.6. The van der Waals surface area contributed by atoms with E-state index in [0.717, 1.165) is 30.9 Å². The van der Waals surface area contributed by atoms with Crippen LogP contribution >= 0.6 is 0 Å².